The van der Waals surface area contributed by atoms with Crippen LogP contribution in [-0.4, -0.2) is 14.9 Å². The Labute approximate surface area is 64.6 Å². The maximum Gasteiger partial charge on any atom is 0.255 e. The first-order valence-electron chi connectivity index (χ1n) is 3.48. The minimum atomic E-state index is -0.109. The second-order valence-electron chi connectivity index (χ2n) is 2.38. The lowest BCUT2D eigenvalue weighted by molar-refractivity contribution is 0.155. The molecule has 0 fully saturated rings. The topological polar surface area (TPSA) is 61.9 Å². The van der Waals surface area contributed by atoms with Gasteiger partial charge in [-0.05, 0) is 19.4 Å². The van der Waals surface area contributed by atoms with Gasteiger partial charge in [0.25, 0.3) is 5.62 Å². The van der Waals surface area contributed by atoms with Crippen LogP contribution in [0.25, 0.3) is 0 Å². The predicted molar refractivity (Wildman–Crippen MR) is 39.4 cm³/mol. The lowest BCUT2D eigenvalue weighted by Gasteiger charge is -2.04. The van der Waals surface area contributed by atoms with Crippen molar-refractivity contribution in [3.8, 4) is 0 Å². The maximum atomic E-state index is 9.19. The Morgan fingerprint density at radius 3 is 2.91 bits per heavy atom. The number of aromatic nitrogens is 2. The summed E-state index contributed by atoms with van der Waals surface area (Å²) in [5.41, 5.74) is 1.36. The minimum Gasteiger partial charge on any atom is -0.425 e. The molecule has 0 atom stereocenters. The van der Waals surface area contributed by atoms with E-state index in [1.165, 1.54) is 0 Å². The molecular formula is C7H11N3O. The molecular weight excluding hydrogens is 142 g/mol. The summed E-state index contributed by atoms with van der Waals surface area (Å²) in [6.07, 6.45) is 0.700. The zero-order valence-electron chi connectivity index (χ0n) is 6.63. The number of aryl methyl sites for hydroxylation is 2. The third-order valence-electron chi connectivity index (χ3n) is 1.49. The van der Waals surface area contributed by atoms with Crippen LogP contribution in [0.15, 0.2) is 6.07 Å². The lowest BCUT2D eigenvalue weighted by atomic mass is 10.3. The van der Waals surface area contributed by atoms with Gasteiger partial charge in [0, 0.05) is 5.69 Å². The molecule has 1 heterocycles. The van der Waals surface area contributed by atoms with Crippen LogP contribution in [0, 0.1) is 12.3 Å². The van der Waals surface area contributed by atoms with Crippen LogP contribution in [0.5, 0.6) is 0 Å². The van der Waals surface area contributed by atoms with E-state index in [1.54, 1.807) is 13.0 Å². The Kier molecular flexibility index (Phi) is 1.94. The van der Waals surface area contributed by atoms with Crippen molar-refractivity contribution in [2.24, 2.45) is 0 Å². The van der Waals surface area contributed by atoms with E-state index in [4.69, 9.17) is 5.41 Å². The van der Waals surface area contributed by atoms with Crippen LogP contribution in [0.3, 0.4) is 0 Å². The van der Waals surface area contributed by atoms with Crippen LogP contribution in [0.2, 0.25) is 0 Å². The summed E-state index contributed by atoms with van der Waals surface area (Å²) in [6.45, 7) is 3.72. The van der Waals surface area contributed by atoms with E-state index in [1.807, 2.05) is 6.92 Å². The van der Waals surface area contributed by atoms with E-state index in [-0.39, 0.29) is 5.62 Å². The average Bonchev–Trinajstić information content (AvgIpc) is 1.96. The molecule has 0 spiro atoms. The Balaban J connectivity index is 3.36. The molecule has 0 aliphatic carbocycles. The van der Waals surface area contributed by atoms with Gasteiger partial charge in [-0.1, -0.05) is 6.92 Å². The van der Waals surface area contributed by atoms with E-state index >= 15 is 0 Å². The highest BCUT2D eigenvalue weighted by atomic mass is 16.5. The Bertz CT molecular complexity index is 316. The van der Waals surface area contributed by atoms with Gasteiger partial charge in [-0.15, -0.1) is 0 Å². The molecule has 0 aromatic carbocycles. The van der Waals surface area contributed by atoms with Gasteiger partial charge in [-0.2, -0.15) is 4.73 Å². The number of nitrogens with one attached hydrogen (secondary N) is 1. The van der Waals surface area contributed by atoms with Crippen LogP contribution in [0.4, 0.5) is 0 Å². The fraction of sp³-hybridized carbons (Fsp3) is 0.429. The van der Waals surface area contributed by atoms with Gasteiger partial charge in [-0.25, -0.2) is 4.98 Å². The second kappa shape index (κ2) is 2.74. The summed E-state index contributed by atoms with van der Waals surface area (Å²) >= 11 is 0. The van der Waals surface area contributed by atoms with Gasteiger partial charge >= 0.3 is 0 Å². The van der Waals surface area contributed by atoms with Crippen molar-refractivity contribution in [3.63, 3.8) is 0 Å². The van der Waals surface area contributed by atoms with Crippen LogP contribution in [-0.2, 0) is 6.42 Å². The Hall–Kier alpha value is -1.32. The molecule has 0 aliphatic heterocycles. The molecule has 0 unspecified atom stereocenters. The van der Waals surface area contributed by atoms with Gasteiger partial charge in [0.2, 0.25) is 0 Å². The third kappa shape index (κ3) is 1.39. The monoisotopic (exact) mass is 153 g/mol. The molecule has 1 aromatic rings. The standard InChI is InChI=1S/C7H11N3O/c1-3-6-4-5(2)9-7(8)10(6)11/h4,8,11H,3H2,1-2H3. The van der Waals surface area contributed by atoms with Crippen molar-refractivity contribution in [1.82, 2.24) is 9.71 Å². The first-order chi connectivity index (χ1) is 5.15. The van der Waals surface area contributed by atoms with Gasteiger partial charge in [-0.3, -0.25) is 5.41 Å². The quantitative estimate of drug-likeness (QED) is 0.576. The van der Waals surface area contributed by atoms with Crippen LogP contribution in [0.1, 0.15) is 18.3 Å². The van der Waals surface area contributed by atoms with E-state index < -0.39 is 0 Å². The highest BCUT2D eigenvalue weighted by molar-refractivity contribution is 5.06. The zero-order chi connectivity index (χ0) is 8.43. The van der Waals surface area contributed by atoms with E-state index in [0.717, 1.165) is 10.4 Å². The molecule has 0 aliphatic rings. The molecule has 0 amide bonds. The fourth-order valence-corrected chi connectivity index (χ4v) is 0.937. The summed E-state index contributed by atoms with van der Waals surface area (Å²) < 4.78 is 0.799. The molecule has 1 aromatic heterocycles. The predicted octanol–water partition coefficient (Wildman–Crippen LogP) is 0.471. The molecule has 60 valence electrons. The zero-order valence-corrected chi connectivity index (χ0v) is 6.63. The maximum absolute atomic E-state index is 9.19. The summed E-state index contributed by atoms with van der Waals surface area (Å²) in [4.78, 5) is 3.76. The van der Waals surface area contributed by atoms with Crippen molar-refractivity contribution in [3.05, 3.63) is 23.1 Å². The molecule has 0 radical (unpaired) electrons. The van der Waals surface area contributed by atoms with Crippen molar-refractivity contribution in [2.45, 2.75) is 20.3 Å². The Morgan fingerprint density at radius 2 is 2.36 bits per heavy atom. The third-order valence-corrected chi connectivity index (χ3v) is 1.49. The second-order valence-corrected chi connectivity index (χ2v) is 2.38. The van der Waals surface area contributed by atoms with Gasteiger partial charge in [0.05, 0.1) is 5.69 Å². The van der Waals surface area contributed by atoms with E-state index in [0.29, 0.717) is 12.1 Å². The average molecular weight is 153 g/mol. The SMILES string of the molecule is CCc1cc(C)nc(=N)n1O. The smallest absolute Gasteiger partial charge is 0.255 e. The van der Waals surface area contributed by atoms with E-state index in [9.17, 15) is 5.21 Å². The lowest BCUT2D eigenvalue weighted by Crippen LogP contribution is -2.24. The fourth-order valence-electron chi connectivity index (χ4n) is 0.937. The summed E-state index contributed by atoms with van der Waals surface area (Å²) in [5.74, 6) is 0. The van der Waals surface area contributed by atoms with Crippen LogP contribution < -0.4 is 5.62 Å². The molecule has 4 nitrogen and oxygen atoms in total. The molecule has 11 heavy (non-hydrogen) atoms. The molecule has 0 saturated carbocycles. The normalized spacial score (nSPS) is 10.0. The first-order valence-corrected chi connectivity index (χ1v) is 3.48. The summed E-state index contributed by atoms with van der Waals surface area (Å²) in [7, 11) is 0. The summed E-state index contributed by atoms with van der Waals surface area (Å²) in [5, 5.41) is 16.4. The van der Waals surface area contributed by atoms with Crippen molar-refractivity contribution in [1.29, 1.82) is 5.41 Å². The number of nitrogens with zero attached hydrogens (tertiary/aromatic N) is 2. The van der Waals surface area contributed by atoms with E-state index in [2.05, 4.69) is 4.98 Å². The number of rotatable bonds is 1. The molecule has 4 heteroatoms. The Morgan fingerprint density at radius 1 is 1.73 bits per heavy atom. The highest BCUT2D eigenvalue weighted by Gasteiger charge is 1.98. The highest BCUT2D eigenvalue weighted by Crippen LogP contribution is 1.96. The number of hydrogen-bond acceptors (Lipinski definition) is 3. The molecule has 0 bridgehead atoms. The van der Waals surface area contributed by atoms with Gasteiger partial charge < -0.3 is 5.21 Å². The van der Waals surface area contributed by atoms with Crippen LogP contribution >= 0.6 is 0 Å². The first kappa shape index (κ1) is 7.78. The largest absolute Gasteiger partial charge is 0.425 e. The van der Waals surface area contributed by atoms with Gasteiger partial charge in [0.15, 0.2) is 0 Å². The minimum absolute atomic E-state index is 0.109. The van der Waals surface area contributed by atoms with Crippen molar-refractivity contribution >= 4 is 0 Å². The molecule has 1 rings (SSSR count). The molecule has 2 N–H and O–H groups in total. The number of hydrogen-bond donors (Lipinski definition) is 2. The summed E-state index contributed by atoms with van der Waals surface area (Å²) in [6, 6.07) is 1.76. The van der Waals surface area contributed by atoms with Crippen molar-refractivity contribution in [2.75, 3.05) is 0 Å². The van der Waals surface area contributed by atoms with Crippen molar-refractivity contribution < 1.29 is 5.21 Å². The molecule has 0 saturated heterocycles. The van der Waals surface area contributed by atoms with Gasteiger partial charge in [0.1, 0.15) is 0 Å².